The Kier molecular flexibility index (Phi) is 6.21. The highest BCUT2D eigenvalue weighted by molar-refractivity contribution is 5.99. The quantitative estimate of drug-likeness (QED) is 0.610. The lowest BCUT2D eigenvalue weighted by molar-refractivity contribution is -0.121. The zero-order chi connectivity index (χ0) is 22.5. The molecule has 0 spiro atoms. The number of carbonyl (C=O) groups is 2. The molecule has 3 aromatic rings. The third-order valence-electron chi connectivity index (χ3n) is 4.88. The molecule has 2 amide bonds. The van der Waals surface area contributed by atoms with Crippen LogP contribution in [0.4, 0.5) is 15.8 Å². The summed E-state index contributed by atoms with van der Waals surface area (Å²) in [5.74, 6) is 0.549. The fraction of sp³-hybridized carbons (Fsp3) is 0.167. The Morgan fingerprint density at radius 1 is 1.09 bits per heavy atom. The van der Waals surface area contributed by atoms with Crippen molar-refractivity contribution < 1.29 is 28.2 Å². The lowest BCUT2D eigenvalue weighted by atomic mass is 10.1. The number of fused-ring (bicyclic) bond motifs is 1. The van der Waals surface area contributed by atoms with Gasteiger partial charge in [0.2, 0.25) is 0 Å². The predicted molar refractivity (Wildman–Crippen MR) is 117 cm³/mol. The van der Waals surface area contributed by atoms with Crippen LogP contribution < -0.4 is 24.4 Å². The maximum Gasteiger partial charge on any atom is 0.265 e. The van der Waals surface area contributed by atoms with E-state index in [4.69, 9.17) is 14.2 Å². The smallest absolute Gasteiger partial charge is 0.265 e. The monoisotopic (exact) mass is 436 g/mol. The van der Waals surface area contributed by atoms with Crippen molar-refractivity contribution in [1.82, 2.24) is 0 Å². The molecule has 0 bridgehead atoms. The Hall–Kier alpha value is -4.07. The number of halogens is 1. The van der Waals surface area contributed by atoms with Gasteiger partial charge >= 0.3 is 0 Å². The van der Waals surface area contributed by atoms with Crippen LogP contribution in [0.1, 0.15) is 5.56 Å². The molecule has 0 atom stereocenters. The number of methoxy groups -OCH3 is 1. The number of nitrogens with zero attached hydrogens (tertiary/aromatic N) is 1. The van der Waals surface area contributed by atoms with Gasteiger partial charge in [-0.05, 0) is 30.3 Å². The molecule has 0 fully saturated rings. The van der Waals surface area contributed by atoms with E-state index < -0.39 is 0 Å². The summed E-state index contributed by atoms with van der Waals surface area (Å²) in [4.78, 5) is 26.1. The van der Waals surface area contributed by atoms with Crippen molar-refractivity contribution in [3.63, 3.8) is 0 Å². The van der Waals surface area contributed by atoms with E-state index in [-0.39, 0.29) is 37.4 Å². The van der Waals surface area contributed by atoms with Crippen molar-refractivity contribution in [3.05, 3.63) is 78.1 Å². The Morgan fingerprint density at radius 3 is 2.72 bits per heavy atom. The summed E-state index contributed by atoms with van der Waals surface area (Å²) in [6.07, 6.45) is 0. The van der Waals surface area contributed by atoms with Gasteiger partial charge in [0.1, 0.15) is 23.1 Å². The Morgan fingerprint density at radius 2 is 1.91 bits per heavy atom. The normalized spacial score (nSPS) is 12.6. The molecule has 164 valence electrons. The zero-order valence-electron chi connectivity index (χ0n) is 17.3. The van der Waals surface area contributed by atoms with E-state index in [1.165, 1.54) is 11.0 Å². The third kappa shape index (κ3) is 4.80. The summed E-state index contributed by atoms with van der Waals surface area (Å²) in [6, 6.07) is 18.2. The number of anilines is 2. The molecule has 3 aromatic carbocycles. The van der Waals surface area contributed by atoms with E-state index in [0.29, 0.717) is 34.2 Å². The molecule has 8 heteroatoms. The van der Waals surface area contributed by atoms with E-state index >= 15 is 0 Å². The molecule has 0 saturated carbocycles. The van der Waals surface area contributed by atoms with Gasteiger partial charge in [-0.25, -0.2) is 4.39 Å². The SMILES string of the molecule is COc1cccc(OCC(=O)Nc2ccc3c(c2)OCC(=O)N3Cc2ccccc2F)c1. The summed E-state index contributed by atoms with van der Waals surface area (Å²) >= 11 is 0. The first-order valence-corrected chi connectivity index (χ1v) is 9.91. The van der Waals surface area contributed by atoms with Crippen molar-refractivity contribution in [2.75, 3.05) is 30.5 Å². The maximum atomic E-state index is 14.1. The van der Waals surface area contributed by atoms with Gasteiger partial charge < -0.3 is 24.4 Å². The number of rotatable bonds is 7. The van der Waals surface area contributed by atoms with Crippen LogP contribution in [0, 0.1) is 5.82 Å². The predicted octanol–water partition coefficient (Wildman–Crippen LogP) is 3.78. The van der Waals surface area contributed by atoms with Crippen LogP contribution in [0.15, 0.2) is 66.7 Å². The average Bonchev–Trinajstić information content (AvgIpc) is 2.81. The van der Waals surface area contributed by atoms with Crippen LogP contribution in [0.3, 0.4) is 0 Å². The summed E-state index contributed by atoms with van der Waals surface area (Å²) in [6.45, 7) is -0.275. The minimum atomic E-state index is -0.381. The van der Waals surface area contributed by atoms with Gasteiger partial charge in [0.15, 0.2) is 13.2 Å². The topological polar surface area (TPSA) is 77.1 Å². The first-order chi connectivity index (χ1) is 15.5. The van der Waals surface area contributed by atoms with E-state index in [9.17, 15) is 14.0 Å². The lowest BCUT2D eigenvalue weighted by Gasteiger charge is -2.30. The number of hydrogen-bond donors (Lipinski definition) is 1. The van der Waals surface area contributed by atoms with E-state index in [1.54, 1.807) is 67.8 Å². The fourth-order valence-corrected chi connectivity index (χ4v) is 3.29. The second-order valence-electron chi connectivity index (χ2n) is 7.06. The first kappa shape index (κ1) is 21.2. The Balaban J connectivity index is 1.43. The molecule has 1 aliphatic rings. The molecule has 1 N–H and O–H groups in total. The van der Waals surface area contributed by atoms with E-state index in [2.05, 4.69) is 5.32 Å². The van der Waals surface area contributed by atoms with Crippen LogP contribution in [0.5, 0.6) is 17.2 Å². The van der Waals surface area contributed by atoms with Gasteiger partial charge in [-0.1, -0.05) is 24.3 Å². The van der Waals surface area contributed by atoms with Crippen molar-refractivity contribution in [3.8, 4) is 17.2 Å². The highest BCUT2D eigenvalue weighted by Crippen LogP contribution is 2.35. The summed E-state index contributed by atoms with van der Waals surface area (Å²) < 4.78 is 30.2. The molecule has 0 aromatic heterocycles. The van der Waals surface area contributed by atoms with Crippen molar-refractivity contribution >= 4 is 23.2 Å². The van der Waals surface area contributed by atoms with E-state index in [1.807, 2.05) is 0 Å². The van der Waals surface area contributed by atoms with Gasteiger partial charge in [-0.15, -0.1) is 0 Å². The number of benzene rings is 3. The highest BCUT2D eigenvalue weighted by atomic mass is 19.1. The summed E-state index contributed by atoms with van der Waals surface area (Å²) in [5.41, 5.74) is 1.40. The maximum absolute atomic E-state index is 14.1. The van der Waals surface area contributed by atoms with E-state index in [0.717, 1.165) is 0 Å². The molecule has 1 aliphatic heterocycles. The van der Waals surface area contributed by atoms with Crippen LogP contribution in [-0.4, -0.2) is 32.1 Å². The molecule has 4 rings (SSSR count). The van der Waals surface area contributed by atoms with Crippen molar-refractivity contribution in [2.45, 2.75) is 6.54 Å². The van der Waals surface area contributed by atoms with Crippen LogP contribution in [-0.2, 0) is 16.1 Å². The van der Waals surface area contributed by atoms with Crippen LogP contribution >= 0.6 is 0 Å². The van der Waals surface area contributed by atoms with Gasteiger partial charge in [0, 0.05) is 23.4 Å². The minimum Gasteiger partial charge on any atom is -0.497 e. The molecule has 32 heavy (non-hydrogen) atoms. The molecule has 7 nitrogen and oxygen atoms in total. The number of hydrogen-bond acceptors (Lipinski definition) is 5. The third-order valence-corrected chi connectivity index (χ3v) is 4.88. The number of amides is 2. The summed E-state index contributed by atoms with van der Waals surface area (Å²) in [7, 11) is 1.55. The molecule has 0 saturated heterocycles. The molecular formula is C24H21FN2O5. The first-order valence-electron chi connectivity index (χ1n) is 9.91. The largest absolute Gasteiger partial charge is 0.497 e. The van der Waals surface area contributed by atoms with Crippen molar-refractivity contribution in [1.29, 1.82) is 0 Å². The zero-order valence-corrected chi connectivity index (χ0v) is 17.3. The van der Waals surface area contributed by atoms with Gasteiger partial charge in [-0.3, -0.25) is 9.59 Å². The van der Waals surface area contributed by atoms with Gasteiger partial charge in [0.05, 0.1) is 19.3 Å². The molecule has 0 aliphatic carbocycles. The Labute approximate surface area is 184 Å². The standard InChI is InChI=1S/C24H21FN2O5/c1-30-18-6-4-7-19(12-18)31-14-23(28)26-17-9-10-21-22(11-17)32-15-24(29)27(21)13-16-5-2-3-8-20(16)25/h2-12H,13-15H2,1H3,(H,26,28). The number of ether oxygens (including phenoxy) is 3. The van der Waals surface area contributed by atoms with Crippen LogP contribution in [0.25, 0.3) is 0 Å². The molecule has 0 radical (unpaired) electrons. The van der Waals surface area contributed by atoms with Crippen molar-refractivity contribution in [2.24, 2.45) is 0 Å². The number of nitrogens with one attached hydrogen (secondary N) is 1. The fourth-order valence-electron chi connectivity index (χ4n) is 3.29. The number of carbonyl (C=O) groups excluding carboxylic acids is 2. The second kappa shape index (κ2) is 9.38. The highest BCUT2D eigenvalue weighted by Gasteiger charge is 2.26. The van der Waals surface area contributed by atoms with Crippen LogP contribution in [0.2, 0.25) is 0 Å². The Bertz CT molecular complexity index is 1150. The minimum absolute atomic E-state index is 0.0853. The molecule has 1 heterocycles. The average molecular weight is 436 g/mol. The van der Waals surface area contributed by atoms with Gasteiger partial charge in [-0.2, -0.15) is 0 Å². The molecule has 0 unspecified atom stereocenters. The second-order valence-corrected chi connectivity index (χ2v) is 7.06. The van der Waals surface area contributed by atoms with Gasteiger partial charge in [0.25, 0.3) is 11.8 Å². The lowest BCUT2D eigenvalue weighted by Crippen LogP contribution is -2.38. The molecular weight excluding hydrogens is 415 g/mol. The summed E-state index contributed by atoms with van der Waals surface area (Å²) in [5, 5.41) is 2.74.